The highest BCUT2D eigenvalue weighted by molar-refractivity contribution is 7.90. The van der Waals surface area contributed by atoms with Crippen LogP contribution in [0.3, 0.4) is 0 Å². The zero-order valence-electron chi connectivity index (χ0n) is 15.6. The molecule has 1 saturated heterocycles. The fourth-order valence-electron chi connectivity index (χ4n) is 2.94. The molecule has 2 aromatic rings. The third-order valence-electron chi connectivity index (χ3n) is 4.42. The number of benzene rings is 2. The Morgan fingerprint density at radius 1 is 1.07 bits per heavy atom. The average molecular weight is 436 g/mol. The maximum absolute atomic E-state index is 12.7. The first-order valence-electron chi connectivity index (χ1n) is 8.58. The lowest BCUT2D eigenvalue weighted by Crippen LogP contribution is -2.39. The van der Waals surface area contributed by atoms with Crippen molar-refractivity contribution >= 4 is 50.7 Å². The highest BCUT2D eigenvalue weighted by Gasteiger charge is 2.44. The van der Waals surface area contributed by atoms with Crippen LogP contribution in [-0.4, -0.2) is 50.0 Å². The number of sulfone groups is 1. The van der Waals surface area contributed by atoms with Gasteiger partial charge in [-0.2, -0.15) is 0 Å². The lowest BCUT2D eigenvalue weighted by atomic mass is 10.2. The van der Waals surface area contributed by atoms with Crippen LogP contribution >= 0.6 is 11.6 Å². The number of carbonyl (C=O) groups excluding carboxylic acids is 3. The Kier molecular flexibility index (Phi) is 5.63. The van der Waals surface area contributed by atoms with E-state index < -0.39 is 40.3 Å². The van der Waals surface area contributed by atoms with E-state index in [0.29, 0.717) is 16.4 Å². The summed E-state index contributed by atoms with van der Waals surface area (Å²) in [6.45, 7) is 1.12. The van der Waals surface area contributed by atoms with Crippen LogP contribution in [0.4, 0.5) is 16.2 Å². The van der Waals surface area contributed by atoms with Gasteiger partial charge in [0.05, 0.1) is 4.90 Å². The van der Waals surface area contributed by atoms with Crippen LogP contribution in [0.25, 0.3) is 0 Å². The Morgan fingerprint density at radius 3 is 2.21 bits per heavy atom. The van der Waals surface area contributed by atoms with Gasteiger partial charge in [0.1, 0.15) is 12.6 Å². The molecule has 0 unspecified atom stereocenters. The maximum atomic E-state index is 12.7. The number of amides is 4. The first-order valence-corrected chi connectivity index (χ1v) is 10.8. The van der Waals surface area contributed by atoms with Gasteiger partial charge in [0.15, 0.2) is 9.84 Å². The van der Waals surface area contributed by atoms with E-state index in [9.17, 15) is 22.8 Å². The van der Waals surface area contributed by atoms with Gasteiger partial charge in [0.2, 0.25) is 5.91 Å². The average Bonchev–Trinajstić information content (AvgIpc) is 2.86. The number of nitrogens with one attached hydrogen (secondary N) is 1. The van der Waals surface area contributed by atoms with Crippen molar-refractivity contribution in [3.63, 3.8) is 0 Å². The molecule has 0 spiro atoms. The van der Waals surface area contributed by atoms with Gasteiger partial charge in [-0.1, -0.05) is 11.6 Å². The smallest absolute Gasteiger partial charge is 0.325 e. The van der Waals surface area contributed by atoms with E-state index in [-0.39, 0.29) is 4.90 Å². The topological polar surface area (TPSA) is 104 Å². The molecule has 0 saturated carbocycles. The van der Waals surface area contributed by atoms with Gasteiger partial charge in [0, 0.05) is 22.7 Å². The number of rotatable bonds is 5. The minimum absolute atomic E-state index is 0.118. The summed E-state index contributed by atoms with van der Waals surface area (Å²) in [6.07, 6.45) is 1.08. The summed E-state index contributed by atoms with van der Waals surface area (Å²) in [7, 11) is -3.35. The molecule has 8 nitrogen and oxygen atoms in total. The van der Waals surface area contributed by atoms with Gasteiger partial charge in [0.25, 0.3) is 5.91 Å². The molecule has 0 aromatic heterocycles. The number of carbonyl (C=O) groups is 3. The Morgan fingerprint density at radius 2 is 1.66 bits per heavy atom. The Bertz CT molecular complexity index is 1070. The van der Waals surface area contributed by atoms with E-state index in [2.05, 4.69) is 5.32 Å². The van der Waals surface area contributed by atoms with Crippen molar-refractivity contribution in [1.82, 2.24) is 4.90 Å². The molecule has 2 aromatic carbocycles. The second kappa shape index (κ2) is 7.84. The van der Waals surface area contributed by atoms with Crippen LogP contribution in [-0.2, 0) is 19.4 Å². The third-order valence-corrected chi connectivity index (χ3v) is 5.80. The first kappa shape index (κ1) is 20.8. The molecule has 0 radical (unpaired) electrons. The van der Waals surface area contributed by atoms with Crippen molar-refractivity contribution < 1.29 is 22.8 Å². The molecule has 1 fully saturated rings. The lowest BCUT2D eigenvalue weighted by molar-refractivity contribution is -0.130. The van der Waals surface area contributed by atoms with Crippen LogP contribution in [0.1, 0.15) is 6.92 Å². The van der Waals surface area contributed by atoms with Gasteiger partial charge < -0.3 is 5.32 Å². The standard InChI is InChI=1S/C19H18ClN3O5S/c1-12-18(25)22(19(26)23(12)15-7-3-13(20)4-8-15)11-17(24)21-14-5-9-16(10-6-14)29(2,27)28/h3-10,12H,11H2,1-2H3,(H,21,24)/t12-/m1/s1. The molecule has 152 valence electrons. The van der Waals surface area contributed by atoms with Crippen molar-refractivity contribution in [2.75, 3.05) is 23.0 Å². The summed E-state index contributed by atoms with van der Waals surface area (Å²) < 4.78 is 23.0. The number of anilines is 2. The molecule has 1 aliphatic rings. The summed E-state index contributed by atoms with van der Waals surface area (Å²) in [5.74, 6) is -1.07. The van der Waals surface area contributed by atoms with E-state index in [4.69, 9.17) is 11.6 Å². The first-order chi connectivity index (χ1) is 13.6. The molecular formula is C19H18ClN3O5S. The fourth-order valence-corrected chi connectivity index (χ4v) is 3.69. The number of nitrogens with zero attached hydrogens (tertiary/aromatic N) is 2. The van der Waals surface area contributed by atoms with Gasteiger partial charge in [-0.25, -0.2) is 13.2 Å². The Labute approximate surface area is 173 Å². The molecule has 0 aliphatic carbocycles. The molecule has 10 heteroatoms. The van der Waals surface area contributed by atoms with Crippen LogP contribution < -0.4 is 10.2 Å². The zero-order valence-corrected chi connectivity index (χ0v) is 17.2. The number of halogens is 1. The molecule has 1 aliphatic heterocycles. The summed E-state index contributed by atoms with van der Waals surface area (Å²) in [6, 6.07) is 10.7. The minimum atomic E-state index is -3.35. The van der Waals surface area contributed by atoms with E-state index in [1.165, 1.54) is 29.2 Å². The van der Waals surface area contributed by atoms with Crippen molar-refractivity contribution in [3.8, 4) is 0 Å². The highest BCUT2D eigenvalue weighted by Crippen LogP contribution is 2.27. The van der Waals surface area contributed by atoms with E-state index in [1.54, 1.807) is 31.2 Å². The van der Waals surface area contributed by atoms with Crippen molar-refractivity contribution in [1.29, 1.82) is 0 Å². The van der Waals surface area contributed by atoms with Crippen LogP contribution in [0.15, 0.2) is 53.4 Å². The number of urea groups is 1. The quantitative estimate of drug-likeness (QED) is 0.727. The largest absolute Gasteiger partial charge is 0.332 e. The van der Waals surface area contributed by atoms with Gasteiger partial charge in [-0.15, -0.1) is 0 Å². The molecule has 1 heterocycles. The summed E-state index contributed by atoms with van der Waals surface area (Å²) in [5.41, 5.74) is 0.851. The third kappa shape index (κ3) is 4.41. The molecular weight excluding hydrogens is 418 g/mol. The molecule has 29 heavy (non-hydrogen) atoms. The van der Waals surface area contributed by atoms with E-state index in [1.807, 2.05) is 0 Å². The monoisotopic (exact) mass is 435 g/mol. The van der Waals surface area contributed by atoms with Crippen molar-refractivity contribution in [3.05, 3.63) is 53.6 Å². The second-order valence-corrected chi connectivity index (χ2v) is 9.03. The summed E-state index contributed by atoms with van der Waals surface area (Å²) >= 11 is 5.86. The molecule has 1 N–H and O–H groups in total. The SMILES string of the molecule is C[C@@H]1C(=O)N(CC(=O)Nc2ccc(S(C)(=O)=O)cc2)C(=O)N1c1ccc(Cl)cc1. The fraction of sp³-hybridized carbons (Fsp3) is 0.211. The molecule has 0 bridgehead atoms. The van der Waals surface area contributed by atoms with Crippen LogP contribution in [0.2, 0.25) is 5.02 Å². The maximum Gasteiger partial charge on any atom is 0.332 e. The lowest BCUT2D eigenvalue weighted by Gasteiger charge is -2.19. The summed E-state index contributed by atoms with van der Waals surface area (Å²) in [5, 5.41) is 3.05. The predicted octanol–water partition coefficient (Wildman–Crippen LogP) is 2.54. The second-order valence-electron chi connectivity index (χ2n) is 6.57. The summed E-state index contributed by atoms with van der Waals surface area (Å²) in [4.78, 5) is 39.8. The van der Waals surface area contributed by atoms with Gasteiger partial charge in [-0.3, -0.25) is 19.4 Å². The normalized spacial score (nSPS) is 17.0. The van der Waals surface area contributed by atoms with Gasteiger partial charge in [-0.05, 0) is 55.5 Å². The molecule has 3 rings (SSSR count). The predicted molar refractivity (Wildman–Crippen MR) is 109 cm³/mol. The van der Waals surface area contributed by atoms with E-state index >= 15 is 0 Å². The number of imide groups is 1. The van der Waals surface area contributed by atoms with Gasteiger partial charge >= 0.3 is 6.03 Å². The zero-order chi connectivity index (χ0) is 21.3. The van der Waals surface area contributed by atoms with Crippen molar-refractivity contribution in [2.45, 2.75) is 17.9 Å². The van der Waals surface area contributed by atoms with E-state index in [0.717, 1.165) is 11.2 Å². The highest BCUT2D eigenvalue weighted by atomic mass is 35.5. The van der Waals surface area contributed by atoms with Crippen LogP contribution in [0, 0.1) is 0 Å². The molecule has 4 amide bonds. The number of hydrogen-bond acceptors (Lipinski definition) is 5. The number of hydrogen-bond donors (Lipinski definition) is 1. The minimum Gasteiger partial charge on any atom is -0.325 e. The van der Waals surface area contributed by atoms with Crippen LogP contribution in [0.5, 0.6) is 0 Å². The molecule has 1 atom stereocenters. The Balaban J connectivity index is 1.70. The van der Waals surface area contributed by atoms with Crippen molar-refractivity contribution in [2.24, 2.45) is 0 Å². The Hall–Kier alpha value is -2.91.